The van der Waals surface area contributed by atoms with Crippen LogP contribution >= 0.6 is 0 Å². The zero-order valence-electron chi connectivity index (χ0n) is 17.5. The molecule has 1 heterocycles. The topological polar surface area (TPSA) is 98.8 Å². The van der Waals surface area contributed by atoms with Crippen molar-refractivity contribution >= 4 is 23.2 Å². The Morgan fingerprint density at radius 1 is 0.871 bits per heavy atom. The minimum Gasteiger partial charge on any atom is -0.494 e. The summed E-state index contributed by atoms with van der Waals surface area (Å²) in [5, 5.41) is 5.61. The maximum absolute atomic E-state index is 12.5. The highest BCUT2D eigenvalue weighted by Gasteiger charge is 2.13. The molecule has 0 aliphatic carbocycles. The van der Waals surface area contributed by atoms with Crippen LogP contribution < -0.4 is 24.8 Å². The van der Waals surface area contributed by atoms with E-state index in [1.54, 1.807) is 68.9 Å². The molecule has 3 aromatic rings. The summed E-state index contributed by atoms with van der Waals surface area (Å²) in [6, 6.07) is 13.7. The Hall–Kier alpha value is -4.07. The Labute approximate surface area is 180 Å². The number of nitrogens with one attached hydrogen (secondary N) is 2. The van der Waals surface area contributed by atoms with E-state index in [0.29, 0.717) is 34.2 Å². The predicted octanol–water partition coefficient (Wildman–Crippen LogP) is 3.54. The first-order valence-corrected chi connectivity index (χ1v) is 9.44. The van der Waals surface area contributed by atoms with Gasteiger partial charge in [0.15, 0.2) is 11.5 Å². The van der Waals surface area contributed by atoms with E-state index in [0.717, 1.165) is 5.56 Å². The van der Waals surface area contributed by atoms with Gasteiger partial charge in [-0.1, -0.05) is 6.07 Å². The fourth-order valence-electron chi connectivity index (χ4n) is 2.94. The molecule has 8 nitrogen and oxygen atoms in total. The van der Waals surface area contributed by atoms with Crippen molar-refractivity contribution in [1.29, 1.82) is 0 Å². The number of hydrogen-bond acceptors (Lipinski definition) is 6. The van der Waals surface area contributed by atoms with Crippen LogP contribution in [-0.4, -0.2) is 38.1 Å². The van der Waals surface area contributed by atoms with E-state index in [2.05, 4.69) is 15.6 Å². The maximum atomic E-state index is 12.5. The van der Waals surface area contributed by atoms with Crippen molar-refractivity contribution in [2.75, 3.05) is 32.0 Å². The molecule has 0 fully saturated rings. The smallest absolute Gasteiger partial charge is 0.257 e. The maximum Gasteiger partial charge on any atom is 0.257 e. The van der Waals surface area contributed by atoms with Crippen LogP contribution in [0, 0.1) is 0 Å². The average Bonchev–Trinajstić information content (AvgIpc) is 2.80. The van der Waals surface area contributed by atoms with Crippen molar-refractivity contribution in [3.63, 3.8) is 0 Å². The number of ether oxygens (including phenoxy) is 3. The third-order valence-corrected chi connectivity index (χ3v) is 4.47. The first kappa shape index (κ1) is 21.6. The van der Waals surface area contributed by atoms with Crippen molar-refractivity contribution in [1.82, 2.24) is 4.98 Å². The van der Waals surface area contributed by atoms with Gasteiger partial charge in [-0.25, -0.2) is 0 Å². The van der Waals surface area contributed by atoms with Gasteiger partial charge in [-0.2, -0.15) is 0 Å². The fraction of sp³-hybridized carbons (Fsp3) is 0.174. The first-order valence-electron chi connectivity index (χ1n) is 9.44. The Kier molecular flexibility index (Phi) is 7.05. The van der Waals surface area contributed by atoms with Gasteiger partial charge in [0, 0.05) is 24.1 Å². The van der Waals surface area contributed by atoms with Gasteiger partial charge in [-0.05, 0) is 42.0 Å². The molecule has 0 bridgehead atoms. The number of carbonyl (C=O) groups excluding carboxylic acids is 2. The molecule has 0 saturated carbocycles. The number of aromatic nitrogens is 1. The number of benzene rings is 2. The summed E-state index contributed by atoms with van der Waals surface area (Å²) in [5.41, 5.74) is 2.23. The monoisotopic (exact) mass is 421 g/mol. The molecular formula is C23H23N3O5. The molecular weight excluding hydrogens is 398 g/mol. The zero-order chi connectivity index (χ0) is 22.2. The van der Waals surface area contributed by atoms with Crippen LogP contribution in [0.25, 0.3) is 0 Å². The Morgan fingerprint density at radius 3 is 2.32 bits per heavy atom. The second-order valence-corrected chi connectivity index (χ2v) is 6.53. The molecule has 1 aromatic heterocycles. The van der Waals surface area contributed by atoms with E-state index < -0.39 is 0 Å². The second-order valence-electron chi connectivity index (χ2n) is 6.53. The number of hydrogen-bond donors (Lipinski definition) is 2. The van der Waals surface area contributed by atoms with Crippen LogP contribution in [0.1, 0.15) is 15.9 Å². The first-order chi connectivity index (χ1) is 15.0. The lowest BCUT2D eigenvalue weighted by Gasteiger charge is -2.13. The van der Waals surface area contributed by atoms with E-state index in [-0.39, 0.29) is 18.2 Å². The zero-order valence-corrected chi connectivity index (χ0v) is 17.5. The molecule has 0 aliphatic heterocycles. The highest BCUT2D eigenvalue weighted by atomic mass is 16.5. The normalized spacial score (nSPS) is 10.2. The van der Waals surface area contributed by atoms with Crippen LogP contribution in [-0.2, 0) is 11.2 Å². The predicted molar refractivity (Wildman–Crippen MR) is 117 cm³/mol. The van der Waals surface area contributed by atoms with Gasteiger partial charge in [0.2, 0.25) is 5.91 Å². The van der Waals surface area contributed by atoms with Gasteiger partial charge in [-0.15, -0.1) is 0 Å². The van der Waals surface area contributed by atoms with E-state index in [1.807, 2.05) is 0 Å². The number of amides is 2. The van der Waals surface area contributed by atoms with Gasteiger partial charge >= 0.3 is 0 Å². The van der Waals surface area contributed by atoms with E-state index >= 15 is 0 Å². The number of carbonyl (C=O) groups is 2. The quantitative estimate of drug-likeness (QED) is 0.577. The Bertz CT molecular complexity index is 1070. The van der Waals surface area contributed by atoms with Crippen LogP contribution in [0.3, 0.4) is 0 Å². The highest BCUT2D eigenvalue weighted by Crippen LogP contribution is 2.30. The molecule has 160 valence electrons. The number of methoxy groups -OCH3 is 3. The second kappa shape index (κ2) is 10.1. The summed E-state index contributed by atoms with van der Waals surface area (Å²) in [6.45, 7) is 0. The standard InChI is InChI=1S/C23H23N3O5/c1-29-19-9-6-15(11-21(19)31-3)12-22(27)25-17-7-8-18(20(13-17)30-2)26-23(28)16-5-4-10-24-14-16/h4-11,13-14H,12H2,1-3H3,(H,25,27)(H,26,28). The van der Waals surface area contributed by atoms with Gasteiger partial charge in [0.1, 0.15) is 5.75 Å². The molecule has 8 heteroatoms. The summed E-state index contributed by atoms with van der Waals surface area (Å²) >= 11 is 0. The molecule has 0 aliphatic rings. The summed E-state index contributed by atoms with van der Waals surface area (Å²) < 4.78 is 15.8. The van der Waals surface area contributed by atoms with Crippen molar-refractivity contribution < 1.29 is 23.8 Å². The van der Waals surface area contributed by atoms with Gasteiger partial charge in [0.05, 0.1) is 39.0 Å². The van der Waals surface area contributed by atoms with Crippen molar-refractivity contribution in [2.24, 2.45) is 0 Å². The van der Waals surface area contributed by atoms with Gasteiger partial charge in [-0.3, -0.25) is 14.6 Å². The number of nitrogens with zero attached hydrogens (tertiary/aromatic N) is 1. The lowest BCUT2D eigenvalue weighted by atomic mass is 10.1. The summed E-state index contributed by atoms with van der Waals surface area (Å²) in [4.78, 5) is 28.8. The molecule has 0 spiro atoms. The minimum absolute atomic E-state index is 0.155. The number of anilines is 2. The molecule has 0 saturated heterocycles. The summed E-state index contributed by atoms with van der Waals surface area (Å²) in [7, 11) is 4.59. The van der Waals surface area contributed by atoms with Gasteiger partial charge < -0.3 is 24.8 Å². The van der Waals surface area contributed by atoms with E-state index in [9.17, 15) is 9.59 Å². The fourth-order valence-corrected chi connectivity index (χ4v) is 2.94. The molecule has 0 unspecified atom stereocenters. The molecule has 0 atom stereocenters. The summed E-state index contributed by atoms with van der Waals surface area (Å²) in [6.07, 6.45) is 3.23. The van der Waals surface area contributed by atoms with Crippen molar-refractivity contribution in [3.05, 3.63) is 72.1 Å². The SMILES string of the molecule is COc1cc(NC(=O)Cc2ccc(OC)c(OC)c2)ccc1NC(=O)c1cccnc1. The van der Waals surface area contributed by atoms with Crippen LogP contribution in [0.2, 0.25) is 0 Å². The summed E-state index contributed by atoms with van der Waals surface area (Å²) in [5.74, 6) is 1.06. The molecule has 0 radical (unpaired) electrons. The van der Waals surface area contributed by atoms with Crippen molar-refractivity contribution in [2.45, 2.75) is 6.42 Å². The van der Waals surface area contributed by atoms with Crippen LogP contribution in [0.15, 0.2) is 60.9 Å². The third kappa shape index (κ3) is 5.51. The lowest BCUT2D eigenvalue weighted by molar-refractivity contribution is -0.115. The average molecular weight is 421 g/mol. The van der Waals surface area contributed by atoms with E-state index in [1.165, 1.54) is 13.3 Å². The van der Waals surface area contributed by atoms with E-state index in [4.69, 9.17) is 14.2 Å². The molecule has 2 aromatic carbocycles. The number of rotatable bonds is 8. The van der Waals surface area contributed by atoms with Crippen LogP contribution in [0.5, 0.6) is 17.2 Å². The van der Waals surface area contributed by atoms with Crippen LogP contribution in [0.4, 0.5) is 11.4 Å². The Balaban J connectivity index is 1.68. The molecule has 2 amide bonds. The highest BCUT2D eigenvalue weighted by molar-refractivity contribution is 6.05. The molecule has 2 N–H and O–H groups in total. The third-order valence-electron chi connectivity index (χ3n) is 4.47. The minimum atomic E-state index is -0.309. The molecule has 31 heavy (non-hydrogen) atoms. The largest absolute Gasteiger partial charge is 0.494 e. The van der Waals surface area contributed by atoms with Crippen molar-refractivity contribution in [3.8, 4) is 17.2 Å². The lowest BCUT2D eigenvalue weighted by Crippen LogP contribution is -2.15. The Morgan fingerprint density at radius 2 is 1.65 bits per heavy atom. The number of pyridine rings is 1. The van der Waals surface area contributed by atoms with Gasteiger partial charge in [0.25, 0.3) is 5.91 Å². The molecule has 3 rings (SSSR count).